The highest BCUT2D eigenvalue weighted by atomic mass is 15.0. The van der Waals surface area contributed by atoms with Crippen LogP contribution in [-0.4, -0.2) is 11.0 Å². The average Bonchev–Trinajstić information content (AvgIpc) is 2.67. The Hall–Kier alpha value is -0.890. The highest BCUT2D eigenvalue weighted by molar-refractivity contribution is 5.28. The minimum absolute atomic E-state index is 0.514. The van der Waals surface area contributed by atoms with Crippen molar-refractivity contribution in [3.05, 3.63) is 29.6 Å². The number of hydrogen-bond acceptors (Lipinski definition) is 2. The van der Waals surface area contributed by atoms with Crippen molar-refractivity contribution in [2.45, 2.75) is 64.0 Å². The molecule has 0 radical (unpaired) electrons. The van der Waals surface area contributed by atoms with Crippen molar-refractivity contribution in [3.8, 4) is 0 Å². The van der Waals surface area contributed by atoms with Gasteiger partial charge in [0.25, 0.3) is 0 Å². The van der Waals surface area contributed by atoms with E-state index in [4.69, 9.17) is 0 Å². The van der Waals surface area contributed by atoms with Crippen LogP contribution in [0.15, 0.2) is 18.3 Å². The standard InChI is InChI=1S/C16H24N2/c1-12-4-2-6-14(9-7-12)18-15-10-8-13-5-3-11-17-16(13)15/h3,5,11-12,14-15,18H,2,4,6-10H2,1H3. The molecule has 1 aromatic rings. The molecule has 1 fully saturated rings. The monoisotopic (exact) mass is 244 g/mol. The highest BCUT2D eigenvalue weighted by Gasteiger charge is 2.26. The van der Waals surface area contributed by atoms with Gasteiger partial charge in [0.2, 0.25) is 0 Å². The Balaban J connectivity index is 1.64. The van der Waals surface area contributed by atoms with Gasteiger partial charge in [0.15, 0.2) is 0 Å². The summed E-state index contributed by atoms with van der Waals surface area (Å²) in [6.07, 6.45) is 11.3. The molecule has 0 aliphatic heterocycles. The number of nitrogens with zero attached hydrogens (tertiary/aromatic N) is 1. The number of pyridine rings is 1. The highest BCUT2D eigenvalue weighted by Crippen LogP contribution is 2.31. The molecule has 0 spiro atoms. The van der Waals surface area contributed by atoms with E-state index < -0.39 is 0 Å². The quantitative estimate of drug-likeness (QED) is 0.804. The molecule has 0 amide bonds. The van der Waals surface area contributed by atoms with E-state index in [1.807, 2.05) is 6.20 Å². The molecule has 0 saturated heterocycles. The van der Waals surface area contributed by atoms with Gasteiger partial charge in [-0.25, -0.2) is 0 Å². The SMILES string of the molecule is CC1CCCC(NC2CCc3cccnc32)CC1. The predicted molar refractivity (Wildman–Crippen MR) is 74.5 cm³/mol. The Morgan fingerprint density at radius 1 is 1.17 bits per heavy atom. The summed E-state index contributed by atoms with van der Waals surface area (Å²) in [5.41, 5.74) is 2.77. The van der Waals surface area contributed by atoms with Gasteiger partial charge in [0, 0.05) is 12.2 Å². The molecule has 2 heteroatoms. The Morgan fingerprint density at radius 2 is 2.11 bits per heavy atom. The maximum Gasteiger partial charge on any atom is 0.0605 e. The van der Waals surface area contributed by atoms with E-state index >= 15 is 0 Å². The largest absolute Gasteiger partial charge is 0.306 e. The molecule has 98 valence electrons. The molecule has 1 N–H and O–H groups in total. The third-order valence-electron chi connectivity index (χ3n) is 4.65. The Bertz CT molecular complexity index is 402. The lowest BCUT2D eigenvalue weighted by Gasteiger charge is -2.21. The molecule has 3 unspecified atom stereocenters. The van der Waals surface area contributed by atoms with Crippen LogP contribution in [0.1, 0.15) is 62.7 Å². The third-order valence-corrected chi connectivity index (χ3v) is 4.65. The summed E-state index contributed by atoms with van der Waals surface area (Å²) in [6.45, 7) is 2.40. The van der Waals surface area contributed by atoms with Gasteiger partial charge < -0.3 is 5.32 Å². The second kappa shape index (κ2) is 5.40. The zero-order valence-electron chi connectivity index (χ0n) is 11.4. The van der Waals surface area contributed by atoms with Crippen molar-refractivity contribution in [2.75, 3.05) is 0 Å². The van der Waals surface area contributed by atoms with Crippen molar-refractivity contribution in [1.82, 2.24) is 10.3 Å². The van der Waals surface area contributed by atoms with E-state index in [2.05, 4.69) is 29.4 Å². The van der Waals surface area contributed by atoms with Crippen LogP contribution in [0.2, 0.25) is 0 Å². The molecule has 1 heterocycles. The van der Waals surface area contributed by atoms with Gasteiger partial charge in [0.1, 0.15) is 0 Å². The average molecular weight is 244 g/mol. The molecular formula is C16H24N2. The normalized spacial score (nSPS) is 31.9. The van der Waals surface area contributed by atoms with Gasteiger partial charge in [-0.05, 0) is 49.7 Å². The fourth-order valence-corrected chi connectivity index (χ4v) is 3.51. The minimum Gasteiger partial charge on any atom is -0.306 e. The van der Waals surface area contributed by atoms with Gasteiger partial charge >= 0.3 is 0 Å². The summed E-state index contributed by atoms with van der Waals surface area (Å²) in [4.78, 5) is 4.58. The molecule has 2 aliphatic carbocycles. The maximum absolute atomic E-state index is 4.58. The first-order valence-electron chi connectivity index (χ1n) is 7.53. The molecule has 0 aromatic carbocycles. The van der Waals surface area contributed by atoms with E-state index in [1.54, 1.807) is 0 Å². The molecule has 2 aliphatic rings. The first-order valence-corrected chi connectivity index (χ1v) is 7.53. The summed E-state index contributed by atoms with van der Waals surface area (Å²) >= 11 is 0. The van der Waals surface area contributed by atoms with E-state index in [9.17, 15) is 0 Å². The molecular weight excluding hydrogens is 220 g/mol. The van der Waals surface area contributed by atoms with E-state index in [1.165, 1.54) is 56.2 Å². The van der Waals surface area contributed by atoms with Gasteiger partial charge in [-0.15, -0.1) is 0 Å². The number of aryl methyl sites for hydroxylation is 1. The molecule has 3 rings (SSSR count). The molecule has 18 heavy (non-hydrogen) atoms. The van der Waals surface area contributed by atoms with Crippen molar-refractivity contribution < 1.29 is 0 Å². The summed E-state index contributed by atoms with van der Waals surface area (Å²) < 4.78 is 0. The van der Waals surface area contributed by atoms with Gasteiger partial charge in [-0.2, -0.15) is 0 Å². The van der Waals surface area contributed by atoms with Crippen LogP contribution in [0.5, 0.6) is 0 Å². The fraction of sp³-hybridized carbons (Fsp3) is 0.688. The van der Waals surface area contributed by atoms with E-state index in [0.29, 0.717) is 12.1 Å². The third kappa shape index (κ3) is 2.59. The lowest BCUT2D eigenvalue weighted by atomic mass is 10.0. The van der Waals surface area contributed by atoms with Crippen LogP contribution in [0.3, 0.4) is 0 Å². The Labute approximate surface area is 110 Å². The summed E-state index contributed by atoms with van der Waals surface area (Å²) in [7, 11) is 0. The molecule has 2 nitrogen and oxygen atoms in total. The second-order valence-electron chi connectivity index (χ2n) is 6.12. The molecule has 1 saturated carbocycles. The van der Waals surface area contributed by atoms with Gasteiger partial charge in [-0.1, -0.05) is 25.8 Å². The number of nitrogens with one attached hydrogen (secondary N) is 1. The fourth-order valence-electron chi connectivity index (χ4n) is 3.51. The zero-order valence-corrected chi connectivity index (χ0v) is 11.4. The van der Waals surface area contributed by atoms with E-state index in [0.717, 1.165) is 5.92 Å². The summed E-state index contributed by atoms with van der Waals surface area (Å²) in [5.74, 6) is 0.922. The topological polar surface area (TPSA) is 24.9 Å². The van der Waals surface area contributed by atoms with Gasteiger partial charge in [0.05, 0.1) is 11.7 Å². The summed E-state index contributed by atoms with van der Waals surface area (Å²) in [5, 5.41) is 3.87. The van der Waals surface area contributed by atoms with Crippen LogP contribution in [0.4, 0.5) is 0 Å². The lowest BCUT2D eigenvalue weighted by molar-refractivity contribution is 0.389. The minimum atomic E-state index is 0.514. The Morgan fingerprint density at radius 3 is 3.06 bits per heavy atom. The van der Waals surface area contributed by atoms with Crippen molar-refractivity contribution in [3.63, 3.8) is 0 Å². The van der Waals surface area contributed by atoms with Gasteiger partial charge in [-0.3, -0.25) is 4.98 Å². The first-order chi connectivity index (χ1) is 8.83. The molecule has 0 bridgehead atoms. The molecule has 3 atom stereocenters. The number of rotatable bonds is 2. The van der Waals surface area contributed by atoms with E-state index in [-0.39, 0.29) is 0 Å². The lowest BCUT2D eigenvalue weighted by Crippen LogP contribution is -2.31. The van der Waals surface area contributed by atoms with Crippen molar-refractivity contribution in [2.24, 2.45) is 5.92 Å². The van der Waals surface area contributed by atoms with Crippen LogP contribution < -0.4 is 5.32 Å². The first kappa shape index (κ1) is 12.2. The number of fused-ring (bicyclic) bond motifs is 1. The Kier molecular flexibility index (Phi) is 3.64. The van der Waals surface area contributed by atoms with Crippen LogP contribution in [0.25, 0.3) is 0 Å². The van der Waals surface area contributed by atoms with Crippen LogP contribution >= 0.6 is 0 Å². The maximum atomic E-state index is 4.58. The zero-order chi connectivity index (χ0) is 12.4. The molecule has 1 aromatic heterocycles. The smallest absolute Gasteiger partial charge is 0.0605 e. The van der Waals surface area contributed by atoms with Crippen molar-refractivity contribution in [1.29, 1.82) is 0 Å². The predicted octanol–water partition coefficient (Wildman–Crippen LogP) is 3.63. The van der Waals surface area contributed by atoms with Crippen LogP contribution in [0, 0.1) is 5.92 Å². The number of hydrogen-bond donors (Lipinski definition) is 1. The number of aromatic nitrogens is 1. The van der Waals surface area contributed by atoms with Crippen LogP contribution in [-0.2, 0) is 6.42 Å². The van der Waals surface area contributed by atoms with Crippen molar-refractivity contribution >= 4 is 0 Å². The summed E-state index contributed by atoms with van der Waals surface area (Å²) in [6, 6.07) is 5.53. The second-order valence-corrected chi connectivity index (χ2v) is 6.12.